The molecule has 0 unspecified atom stereocenters. The van der Waals surface area contributed by atoms with E-state index in [0.29, 0.717) is 95.1 Å². The average molecular weight is 1450 g/mol. The third kappa shape index (κ3) is 36.5. The van der Waals surface area contributed by atoms with E-state index in [1.807, 2.05) is 60.3 Å². The van der Waals surface area contributed by atoms with Gasteiger partial charge in [-0.1, -0.05) is 222 Å². The van der Waals surface area contributed by atoms with Gasteiger partial charge in [-0.3, -0.25) is 14.9 Å². The van der Waals surface area contributed by atoms with Crippen LogP contribution in [0.15, 0.2) is 42.7 Å². The lowest BCUT2D eigenvalue weighted by molar-refractivity contribution is 0.539. The second-order valence-electron chi connectivity index (χ2n) is 33.3. The monoisotopic (exact) mass is 1450 g/mol. The second kappa shape index (κ2) is 50.1. The van der Waals surface area contributed by atoms with Gasteiger partial charge < -0.3 is 13.7 Å². The average Bonchev–Trinajstić information content (AvgIpc) is 1.72. The van der Waals surface area contributed by atoms with Crippen LogP contribution in [0.2, 0.25) is 0 Å². The van der Waals surface area contributed by atoms with E-state index in [0.717, 1.165) is 17.5 Å². The summed E-state index contributed by atoms with van der Waals surface area (Å²) in [5.74, 6) is 12.5. The van der Waals surface area contributed by atoms with Crippen LogP contribution in [0.5, 0.6) is 0 Å². The number of hydrogen-bond acceptors (Lipinski definition) is 10. The molecule has 102 heavy (non-hydrogen) atoms. The topological polar surface area (TPSA) is 154 Å². The van der Waals surface area contributed by atoms with E-state index < -0.39 is 0 Å². The Balaban J connectivity index is -0.00000108. The normalized spacial score (nSPS) is 11.2. The van der Waals surface area contributed by atoms with Crippen LogP contribution in [0.3, 0.4) is 0 Å². The van der Waals surface area contributed by atoms with Gasteiger partial charge in [0.25, 0.3) is 0 Å². The number of aromatic nitrogens is 14. The van der Waals surface area contributed by atoms with Gasteiger partial charge in [0, 0.05) is 109 Å². The molecule has 17 heteroatoms. The molecule has 8 heterocycles. The molecule has 0 aliphatic rings. The molecule has 0 bridgehead atoms. The van der Waals surface area contributed by atoms with Crippen molar-refractivity contribution in [1.82, 2.24) is 68.8 Å². The number of thiazole rings is 2. The minimum atomic E-state index is 0. The molecule has 0 spiro atoms. The Morgan fingerprint density at radius 2 is 0.873 bits per heavy atom. The van der Waals surface area contributed by atoms with Gasteiger partial charge in [-0.25, -0.2) is 24.9 Å². The van der Waals surface area contributed by atoms with Crippen molar-refractivity contribution in [2.24, 2.45) is 18.9 Å². The van der Waals surface area contributed by atoms with Gasteiger partial charge in [-0.15, -0.1) is 22.7 Å². The first-order valence-electron chi connectivity index (χ1n) is 38.6. The van der Waals surface area contributed by atoms with E-state index in [4.69, 9.17) is 0 Å². The zero-order valence-electron chi connectivity index (χ0n) is 73.7. The van der Waals surface area contributed by atoms with E-state index in [-0.39, 0.29) is 8.41 Å². The molecular formula is C85H156BN14S2. The summed E-state index contributed by atoms with van der Waals surface area (Å²) in [4.78, 5) is 25.0. The lowest BCUT2D eigenvalue weighted by atomic mass is 9.96. The molecule has 0 atom stereocenters. The van der Waals surface area contributed by atoms with Gasteiger partial charge in [-0.2, -0.15) is 15.3 Å². The maximum absolute atomic E-state index is 4.55. The highest BCUT2D eigenvalue weighted by atomic mass is 32.1. The summed E-state index contributed by atoms with van der Waals surface area (Å²) < 4.78 is 8.67. The number of hydrogen-bond donors (Lipinski definition) is 2. The maximum atomic E-state index is 4.55. The Morgan fingerprint density at radius 3 is 1.19 bits per heavy atom. The molecule has 8 aromatic rings. The zero-order valence-corrected chi connectivity index (χ0v) is 75.3. The van der Waals surface area contributed by atoms with Gasteiger partial charge in [0.05, 0.1) is 45.2 Å². The molecule has 2 N–H and O–H groups in total. The second-order valence-corrected chi connectivity index (χ2v) is 35.5. The molecule has 8 rings (SSSR count). The van der Waals surface area contributed by atoms with Gasteiger partial charge in [0.15, 0.2) is 0 Å². The minimum Gasteiger partial charge on any atom is -0.332 e. The SMILES string of the molecule is CC(C)C.CC(C)C.CC(C)c1cn(C)nc1C(C)C.CC(C)c1cn[nH]c1C(C)C.CC(C)c1nccn1C(C)C.CC(C)c1ncsc1C(C)C.Cc1[nH]nc(C(C)C)c1C(C)C.Cc1cn(C(C)C)c(C(C)C)n1.Cc1cnc(C(C)C)n1C(C)C.Cc1nc(C(C)C)c(C(C)C)s1.[B]. The molecule has 8 aromatic heterocycles. The smallest absolute Gasteiger partial charge is 0.111 e. The fourth-order valence-electron chi connectivity index (χ4n) is 10.8. The third-order valence-electron chi connectivity index (χ3n) is 15.4. The van der Waals surface area contributed by atoms with Crippen molar-refractivity contribution < 1.29 is 0 Å². The van der Waals surface area contributed by atoms with Crippen LogP contribution in [0, 0.1) is 39.5 Å². The van der Waals surface area contributed by atoms with Crippen LogP contribution >= 0.6 is 22.7 Å². The highest BCUT2D eigenvalue weighted by molar-refractivity contribution is 7.11. The lowest BCUT2D eigenvalue weighted by Crippen LogP contribution is -2.09. The van der Waals surface area contributed by atoms with Crippen LogP contribution in [0.25, 0.3) is 0 Å². The van der Waals surface area contributed by atoms with Crippen LogP contribution in [0.1, 0.15) is 453 Å². The molecule has 0 fully saturated rings. The number of imidazole rings is 3. The fraction of sp³-hybridized carbons (Fsp3) is 0.718. The summed E-state index contributed by atoms with van der Waals surface area (Å²) in [5.41, 5.74) is 16.0. The summed E-state index contributed by atoms with van der Waals surface area (Å²) in [6, 6.07) is 1.56. The molecule has 0 saturated carbocycles. The van der Waals surface area contributed by atoms with Gasteiger partial charge in [0.2, 0.25) is 0 Å². The van der Waals surface area contributed by atoms with Crippen LogP contribution in [-0.4, -0.2) is 77.2 Å². The molecule has 0 amide bonds. The van der Waals surface area contributed by atoms with Crippen molar-refractivity contribution in [1.29, 1.82) is 0 Å². The van der Waals surface area contributed by atoms with E-state index in [1.54, 1.807) is 11.3 Å². The first kappa shape index (κ1) is 101. The molecular weight excluding hydrogens is 1290 g/mol. The van der Waals surface area contributed by atoms with E-state index >= 15 is 0 Å². The first-order valence-corrected chi connectivity index (χ1v) is 40.3. The van der Waals surface area contributed by atoms with Crippen molar-refractivity contribution in [2.45, 2.75) is 386 Å². The highest BCUT2D eigenvalue weighted by Crippen LogP contribution is 2.32. The lowest BCUT2D eigenvalue weighted by Gasteiger charge is -2.15. The number of nitrogens with zero attached hydrogens (tertiary/aromatic N) is 12. The molecule has 0 saturated heterocycles. The van der Waals surface area contributed by atoms with Crippen molar-refractivity contribution in [3.8, 4) is 0 Å². The molecule has 0 aliphatic heterocycles. The standard InChI is InChI=1S/4C10H18N2.C10H17NS.2C9H16N2.C9H15NS.2C4H10.B/c1-7(2)9-6-12(5)11-10(9)8(3)4;1-7(2)10-11-9(5)6-12(10)8(3)4;1-7(2)10-11-6-9(5)12(10)8(3)4;1-6(2)9-8(5)11-12-10(9)7(3)4;1-6(2)9-10(7(3)4)12-8(5)11-9;1-7(2)9-10-5-6-11(9)8(3)4;1-6(2)8-5-10-11-9(8)7(3)4;1-6(2)8-9(7(3)4)11-5-10-8;2*1-4(2)3;/h3*6-8H,1-5H3;6-7H,1-5H3,(H,11,12);6-7H,1-5H3;5-8H,1-4H3;5-7H,1-4H3,(H,10,11);5-7H,1-4H3;2*4H,1-3H3;. The number of aromatic amines is 2. The van der Waals surface area contributed by atoms with Gasteiger partial charge >= 0.3 is 0 Å². The zero-order chi connectivity index (χ0) is 79.0. The molecule has 0 aromatic carbocycles. The Labute approximate surface area is 638 Å². The highest BCUT2D eigenvalue weighted by Gasteiger charge is 2.19. The molecule has 581 valence electrons. The van der Waals surface area contributed by atoms with Gasteiger partial charge in [-0.05, 0) is 157 Å². The van der Waals surface area contributed by atoms with Crippen molar-refractivity contribution in [3.63, 3.8) is 0 Å². The van der Waals surface area contributed by atoms with Crippen LogP contribution in [-0.2, 0) is 7.05 Å². The number of nitrogens with one attached hydrogen (secondary N) is 2. The fourth-order valence-corrected chi connectivity index (χ4v) is 12.9. The summed E-state index contributed by atoms with van der Waals surface area (Å²) in [6.07, 6.45) is 12.0. The quantitative estimate of drug-likeness (QED) is 0.0907. The molecule has 0 aliphatic carbocycles. The number of rotatable bonds is 16. The Kier molecular flexibility index (Phi) is 49.5. The largest absolute Gasteiger partial charge is 0.332 e. The summed E-state index contributed by atoms with van der Waals surface area (Å²) in [6.45, 7) is 91.6. The van der Waals surface area contributed by atoms with E-state index in [2.05, 4.69) is 360 Å². The van der Waals surface area contributed by atoms with Crippen LogP contribution in [0.4, 0.5) is 0 Å². The Morgan fingerprint density at radius 1 is 0.402 bits per heavy atom. The minimum absolute atomic E-state index is 0. The third-order valence-corrected chi connectivity index (χ3v) is 17.9. The summed E-state index contributed by atoms with van der Waals surface area (Å²) in [5, 5.41) is 20.1. The Bertz CT molecular complexity index is 2900. The number of H-pyrrole nitrogens is 2. The summed E-state index contributed by atoms with van der Waals surface area (Å²) >= 11 is 3.61. The van der Waals surface area contributed by atoms with Crippen LogP contribution < -0.4 is 0 Å². The van der Waals surface area contributed by atoms with E-state index in [1.165, 1.54) is 88.8 Å². The predicted octanol–water partition coefficient (Wildman–Crippen LogP) is 26.7. The van der Waals surface area contributed by atoms with Crippen molar-refractivity contribution >= 4 is 31.1 Å². The maximum Gasteiger partial charge on any atom is 0.111 e. The Hall–Kier alpha value is -5.42. The first-order chi connectivity index (χ1) is 46.5. The molecule has 3 radical (unpaired) electrons. The van der Waals surface area contributed by atoms with Crippen molar-refractivity contribution in [3.05, 3.63) is 137 Å². The number of aryl methyl sites for hydroxylation is 5. The predicted molar refractivity (Wildman–Crippen MR) is 451 cm³/mol. The summed E-state index contributed by atoms with van der Waals surface area (Å²) in [7, 11) is 1.98. The van der Waals surface area contributed by atoms with Gasteiger partial charge in [0.1, 0.15) is 17.5 Å². The molecule has 14 nitrogen and oxygen atoms in total. The van der Waals surface area contributed by atoms with Crippen molar-refractivity contribution in [2.75, 3.05) is 0 Å². The van der Waals surface area contributed by atoms with E-state index in [9.17, 15) is 0 Å².